The van der Waals surface area contributed by atoms with Gasteiger partial charge in [-0.3, -0.25) is 14.5 Å². The number of ether oxygens (including phenoxy) is 1. The number of carbonyl (C=O) groups is 2. The number of piperazine rings is 1. The summed E-state index contributed by atoms with van der Waals surface area (Å²) in [6.07, 6.45) is 5.74. The van der Waals surface area contributed by atoms with Gasteiger partial charge in [0, 0.05) is 67.9 Å². The first kappa shape index (κ1) is 24.4. The number of nitrogens with one attached hydrogen (secondary N) is 1. The van der Waals surface area contributed by atoms with Crippen molar-refractivity contribution in [3.8, 4) is 0 Å². The van der Waals surface area contributed by atoms with Crippen molar-refractivity contribution in [1.29, 1.82) is 0 Å². The number of pyridine rings is 1. The molecular formula is C27H32FN7O3. The molecule has 11 heteroatoms. The molecule has 0 radical (unpaired) electrons. The fraction of sp³-hybridized carbons (Fsp3) is 0.481. The van der Waals surface area contributed by atoms with Gasteiger partial charge in [-0.15, -0.1) is 0 Å². The van der Waals surface area contributed by atoms with Crippen LogP contribution in [0.4, 0.5) is 31.2 Å². The lowest BCUT2D eigenvalue weighted by Crippen LogP contribution is -2.58. The molecule has 3 aliphatic rings. The van der Waals surface area contributed by atoms with Crippen LogP contribution in [0.5, 0.6) is 0 Å². The summed E-state index contributed by atoms with van der Waals surface area (Å²) < 4.78 is 21.7. The first-order valence-electron chi connectivity index (χ1n) is 13.0. The highest BCUT2D eigenvalue weighted by molar-refractivity contribution is 6.04. The Balaban J connectivity index is 1.19. The molecular weight excluding hydrogens is 489 g/mol. The van der Waals surface area contributed by atoms with Gasteiger partial charge in [-0.25, -0.2) is 19.0 Å². The van der Waals surface area contributed by atoms with Crippen molar-refractivity contribution in [3.63, 3.8) is 0 Å². The van der Waals surface area contributed by atoms with E-state index in [1.54, 1.807) is 35.1 Å². The van der Waals surface area contributed by atoms with Gasteiger partial charge in [0.25, 0.3) is 0 Å². The molecule has 38 heavy (non-hydrogen) atoms. The van der Waals surface area contributed by atoms with E-state index in [0.29, 0.717) is 42.9 Å². The molecule has 1 saturated carbocycles. The lowest BCUT2D eigenvalue weighted by Gasteiger charge is -2.43. The highest BCUT2D eigenvalue weighted by Gasteiger charge is 2.54. The van der Waals surface area contributed by atoms with Crippen molar-refractivity contribution in [3.05, 3.63) is 42.0 Å². The van der Waals surface area contributed by atoms with Crippen molar-refractivity contribution in [2.24, 2.45) is 7.05 Å². The Morgan fingerprint density at radius 2 is 1.95 bits per heavy atom. The Labute approximate surface area is 220 Å². The second-order valence-corrected chi connectivity index (χ2v) is 11.4. The van der Waals surface area contributed by atoms with Crippen LogP contribution in [0.15, 0.2) is 30.6 Å². The van der Waals surface area contributed by atoms with Gasteiger partial charge in [-0.05, 0) is 58.2 Å². The van der Waals surface area contributed by atoms with Crippen LogP contribution in [0.2, 0.25) is 0 Å². The number of carbonyl (C=O) groups excluding carboxylic acids is 2. The molecule has 3 aromatic rings. The van der Waals surface area contributed by atoms with E-state index < -0.39 is 11.4 Å². The Kier molecular flexibility index (Phi) is 5.51. The second-order valence-electron chi connectivity index (χ2n) is 11.4. The minimum Gasteiger partial charge on any atom is -0.444 e. The number of rotatable bonds is 2. The van der Waals surface area contributed by atoms with E-state index in [1.807, 2.05) is 31.7 Å². The third kappa shape index (κ3) is 4.29. The summed E-state index contributed by atoms with van der Waals surface area (Å²) in [5, 5.41) is 7.55. The van der Waals surface area contributed by atoms with Crippen LogP contribution in [0, 0.1) is 5.82 Å². The van der Waals surface area contributed by atoms with Crippen molar-refractivity contribution in [2.75, 3.05) is 41.3 Å². The van der Waals surface area contributed by atoms with Gasteiger partial charge in [0.1, 0.15) is 16.9 Å². The molecule has 1 N–H and O–H groups in total. The van der Waals surface area contributed by atoms with Gasteiger partial charge in [-0.1, -0.05) is 0 Å². The van der Waals surface area contributed by atoms with E-state index in [1.165, 1.54) is 6.07 Å². The van der Waals surface area contributed by atoms with Crippen molar-refractivity contribution >= 4 is 40.2 Å². The molecule has 2 aromatic heterocycles. The van der Waals surface area contributed by atoms with Gasteiger partial charge in [0.2, 0.25) is 0 Å². The highest BCUT2D eigenvalue weighted by atomic mass is 19.1. The summed E-state index contributed by atoms with van der Waals surface area (Å²) in [4.78, 5) is 36.4. The topological polar surface area (TPSA) is 95.8 Å². The average Bonchev–Trinajstić information content (AvgIpc) is 3.27. The molecule has 1 aromatic carbocycles. The van der Waals surface area contributed by atoms with E-state index in [-0.39, 0.29) is 23.2 Å². The van der Waals surface area contributed by atoms with Gasteiger partial charge >= 0.3 is 12.1 Å². The number of benzene rings is 1. The third-order valence-electron chi connectivity index (χ3n) is 7.46. The van der Waals surface area contributed by atoms with Crippen LogP contribution in [-0.2, 0) is 18.2 Å². The van der Waals surface area contributed by atoms with Crippen molar-refractivity contribution in [1.82, 2.24) is 19.7 Å². The summed E-state index contributed by atoms with van der Waals surface area (Å²) in [6, 6.07) is 4.63. The fourth-order valence-electron chi connectivity index (χ4n) is 5.60. The van der Waals surface area contributed by atoms with Crippen molar-refractivity contribution < 1.29 is 18.7 Å². The van der Waals surface area contributed by atoms with E-state index in [0.717, 1.165) is 30.6 Å². The number of amides is 3. The van der Waals surface area contributed by atoms with E-state index in [9.17, 15) is 14.0 Å². The predicted molar refractivity (Wildman–Crippen MR) is 142 cm³/mol. The Hall–Kier alpha value is -3.89. The molecule has 0 atom stereocenters. The zero-order valence-electron chi connectivity index (χ0n) is 22.1. The van der Waals surface area contributed by atoms with E-state index in [2.05, 4.69) is 20.3 Å². The number of urea groups is 1. The number of nitrogens with zero attached hydrogens (tertiary/aromatic N) is 6. The molecule has 1 aliphatic carbocycles. The molecule has 1 spiro atoms. The summed E-state index contributed by atoms with van der Waals surface area (Å²) in [5.74, 6) is 0.127. The molecule has 4 heterocycles. The molecule has 2 aliphatic heterocycles. The summed E-state index contributed by atoms with van der Waals surface area (Å²) in [6.45, 7) is 8.11. The standard InChI is InChI=1S/C27H32FN7O3/c1-26(2,3)38-25(37)35-12-11-33(16-27(35)7-8-27)21-5-9-29-23-19(21)6-10-34(23)24(36)30-18-13-17-15-32(4)31-22(17)20(28)14-18/h5,9,13-15H,6-8,10-12,16H2,1-4H3,(H,30,36). The zero-order chi connectivity index (χ0) is 26.8. The average molecular weight is 522 g/mol. The molecule has 1 saturated heterocycles. The number of anilines is 3. The molecule has 0 bridgehead atoms. The van der Waals surface area contributed by atoms with Crippen LogP contribution in [0.3, 0.4) is 0 Å². The first-order valence-corrected chi connectivity index (χ1v) is 13.0. The SMILES string of the molecule is Cn1cc2cc(NC(=O)N3CCc4c(N5CCN(C(=O)OC(C)(C)C)C6(CC6)C5)ccnc43)cc(F)c2n1. The monoisotopic (exact) mass is 521 g/mol. The number of aromatic nitrogens is 3. The summed E-state index contributed by atoms with van der Waals surface area (Å²) in [7, 11) is 1.73. The van der Waals surface area contributed by atoms with Crippen LogP contribution in [0.1, 0.15) is 39.2 Å². The van der Waals surface area contributed by atoms with Gasteiger partial charge in [0.15, 0.2) is 5.82 Å². The lowest BCUT2D eigenvalue weighted by atomic mass is 10.1. The number of hydrogen-bond acceptors (Lipinski definition) is 6. The largest absolute Gasteiger partial charge is 0.444 e. The van der Waals surface area contributed by atoms with Gasteiger partial charge < -0.3 is 15.0 Å². The molecule has 2 fully saturated rings. The van der Waals surface area contributed by atoms with Crippen LogP contribution >= 0.6 is 0 Å². The van der Waals surface area contributed by atoms with Crippen LogP contribution < -0.4 is 15.1 Å². The van der Waals surface area contributed by atoms with Crippen LogP contribution in [0.25, 0.3) is 10.9 Å². The Morgan fingerprint density at radius 3 is 2.68 bits per heavy atom. The normalized spacial score (nSPS) is 18.2. The van der Waals surface area contributed by atoms with Crippen LogP contribution in [-0.4, -0.2) is 69.1 Å². The molecule has 200 valence electrons. The number of hydrogen-bond donors (Lipinski definition) is 1. The summed E-state index contributed by atoms with van der Waals surface area (Å²) in [5.41, 5.74) is 1.95. The minimum absolute atomic E-state index is 0.207. The fourth-order valence-corrected chi connectivity index (χ4v) is 5.60. The maximum Gasteiger partial charge on any atom is 0.410 e. The molecule has 3 amide bonds. The summed E-state index contributed by atoms with van der Waals surface area (Å²) >= 11 is 0. The number of halogens is 1. The highest BCUT2D eigenvalue weighted by Crippen LogP contribution is 2.47. The second kappa shape index (κ2) is 8.57. The molecule has 10 nitrogen and oxygen atoms in total. The molecule has 6 rings (SSSR count). The van der Waals surface area contributed by atoms with Gasteiger partial charge in [0.05, 0.1) is 5.54 Å². The third-order valence-corrected chi connectivity index (χ3v) is 7.46. The Bertz CT molecular complexity index is 1440. The zero-order valence-corrected chi connectivity index (χ0v) is 22.1. The van der Waals surface area contributed by atoms with E-state index in [4.69, 9.17) is 4.74 Å². The number of aryl methyl sites for hydroxylation is 1. The molecule has 0 unspecified atom stereocenters. The first-order chi connectivity index (χ1) is 18.0. The smallest absolute Gasteiger partial charge is 0.410 e. The maximum absolute atomic E-state index is 14.5. The maximum atomic E-state index is 14.5. The lowest BCUT2D eigenvalue weighted by molar-refractivity contribution is 0.0106. The van der Waals surface area contributed by atoms with Gasteiger partial charge in [-0.2, -0.15) is 5.10 Å². The predicted octanol–water partition coefficient (Wildman–Crippen LogP) is 4.29. The quantitative estimate of drug-likeness (QED) is 0.541. The minimum atomic E-state index is -0.532. The Morgan fingerprint density at radius 1 is 1.16 bits per heavy atom. The number of fused-ring (bicyclic) bond motifs is 2. The van der Waals surface area contributed by atoms with Crippen molar-refractivity contribution in [2.45, 2.75) is 51.2 Å². The van der Waals surface area contributed by atoms with E-state index >= 15 is 0 Å².